The number of rotatable bonds is 3. The molecule has 0 spiro atoms. The highest BCUT2D eigenvalue weighted by molar-refractivity contribution is 7.08. The van der Waals surface area contributed by atoms with Crippen molar-refractivity contribution in [2.24, 2.45) is 0 Å². The van der Waals surface area contributed by atoms with Crippen LogP contribution in [0.2, 0.25) is 0 Å². The zero-order valence-corrected chi connectivity index (χ0v) is 9.87. The first-order valence-electron chi connectivity index (χ1n) is 5.61. The summed E-state index contributed by atoms with van der Waals surface area (Å²) in [4.78, 5) is 11.3. The van der Waals surface area contributed by atoms with Crippen molar-refractivity contribution in [3.63, 3.8) is 0 Å². The molecule has 1 aromatic rings. The molecule has 2 rings (SSSR count). The highest BCUT2D eigenvalue weighted by Gasteiger charge is 2.43. The molecule has 0 aliphatic heterocycles. The van der Waals surface area contributed by atoms with Gasteiger partial charge in [0.05, 0.1) is 5.60 Å². The van der Waals surface area contributed by atoms with Gasteiger partial charge in [0.15, 0.2) is 0 Å². The topological polar surface area (TPSA) is 57.5 Å². The Morgan fingerprint density at radius 3 is 2.56 bits per heavy atom. The van der Waals surface area contributed by atoms with Crippen LogP contribution in [-0.4, -0.2) is 21.8 Å². The van der Waals surface area contributed by atoms with Crippen molar-refractivity contribution < 1.29 is 15.0 Å². The molecule has 0 amide bonds. The molecule has 0 bridgehead atoms. The normalized spacial score (nSPS) is 21.6. The van der Waals surface area contributed by atoms with Gasteiger partial charge in [0.2, 0.25) is 0 Å². The van der Waals surface area contributed by atoms with Crippen LogP contribution in [0.25, 0.3) is 0 Å². The molecule has 3 nitrogen and oxygen atoms in total. The lowest BCUT2D eigenvalue weighted by Crippen LogP contribution is -2.42. The smallest absolute Gasteiger partial charge is 0.313 e. The Morgan fingerprint density at radius 2 is 2.06 bits per heavy atom. The number of thiophene rings is 1. The molecule has 88 valence electrons. The molecule has 1 aromatic heterocycles. The van der Waals surface area contributed by atoms with E-state index in [9.17, 15) is 15.0 Å². The van der Waals surface area contributed by atoms with E-state index in [1.165, 1.54) is 11.3 Å². The van der Waals surface area contributed by atoms with Crippen LogP contribution in [0.15, 0.2) is 16.8 Å². The van der Waals surface area contributed by atoms with Crippen LogP contribution in [0.3, 0.4) is 0 Å². The number of carboxylic acid groups (broad SMARTS) is 1. The second-order valence-electron chi connectivity index (χ2n) is 4.49. The molecule has 2 N–H and O–H groups in total. The van der Waals surface area contributed by atoms with Crippen LogP contribution in [0.5, 0.6) is 0 Å². The van der Waals surface area contributed by atoms with Crippen LogP contribution in [0.4, 0.5) is 0 Å². The second-order valence-corrected chi connectivity index (χ2v) is 5.27. The van der Waals surface area contributed by atoms with Gasteiger partial charge < -0.3 is 10.2 Å². The molecule has 1 unspecified atom stereocenters. The molecule has 1 heterocycles. The monoisotopic (exact) mass is 240 g/mol. The molecule has 1 saturated carbocycles. The molecule has 1 aliphatic rings. The Kier molecular flexibility index (Phi) is 3.30. The van der Waals surface area contributed by atoms with E-state index in [1.807, 2.05) is 10.8 Å². The molecule has 1 fully saturated rings. The predicted molar refractivity (Wildman–Crippen MR) is 62.7 cm³/mol. The van der Waals surface area contributed by atoms with Crippen molar-refractivity contribution in [2.45, 2.75) is 43.6 Å². The molecule has 16 heavy (non-hydrogen) atoms. The molecular weight excluding hydrogens is 224 g/mol. The number of hydrogen-bond donors (Lipinski definition) is 2. The van der Waals surface area contributed by atoms with Crippen LogP contribution in [-0.2, 0) is 4.79 Å². The van der Waals surface area contributed by atoms with E-state index in [0.717, 1.165) is 24.8 Å². The van der Waals surface area contributed by atoms with Gasteiger partial charge >= 0.3 is 5.97 Å². The summed E-state index contributed by atoms with van der Waals surface area (Å²) < 4.78 is 0. The van der Waals surface area contributed by atoms with Gasteiger partial charge in [0.1, 0.15) is 5.92 Å². The minimum Gasteiger partial charge on any atom is -0.481 e. The van der Waals surface area contributed by atoms with Crippen molar-refractivity contribution in [1.82, 2.24) is 0 Å². The Bertz CT molecular complexity index is 352. The zero-order chi connectivity index (χ0) is 11.6. The molecule has 0 radical (unpaired) electrons. The fourth-order valence-corrected chi connectivity index (χ4v) is 3.26. The quantitative estimate of drug-likeness (QED) is 0.853. The lowest BCUT2D eigenvalue weighted by Gasteiger charge is -2.36. The Balaban J connectivity index is 2.28. The van der Waals surface area contributed by atoms with Crippen LogP contribution in [0, 0.1) is 0 Å². The van der Waals surface area contributed by atoms with E-state index < -0.39 is 17.5 Å². The van der Waals surface area contributed by atoms with Crippen molar-refractivity contribution in [2.75, 3.05) is 0 Å². The molecule has 0 aromatic carbocycles. The minimum absolute atomic E-state index is 0.597. The van der Waals surface area contributed by atoms with E-state index >= 15 is 0 Å². The van der Waals surface area contributed by atoms with E-state index in [0.29, 0.717) is 12.8 Å². The van der Waals surface area contributed by atoms with E-state index in [-0.39, 0.29) is 0 Å². The number of carbonyl (C=O) groups is 1. The van der Waals surface area contributed by atoms with E-state index in [4.69, 9.17) is 0 Å². The SMILES string of the molecule is O=C(O)C(c1ccsc1)C1(O)CCCCC1. The lowest BCUT2D eigenvalue weighted by molar-refractivity contribution is -0.147. The molecule has 1 atom stereocenters. The van der Waals surface area contributed by atoms with Crippen LogP contribution < -0.4 is 0 Å². The summed E-state index contributed by atoms with van der Waals surface area (Å²) in [7, 11) is 0. The lowest BCUT2D eigenvalue weighted by atomic mass is 9.73. The summed E-state index contributed by atoms with van der Waals surface area (Å²) in [5.74, 6) is -1.68. The summed E-state index contributed by atoms with van der Waals surface area (Å²) in [6.07, 6.45) is 4.13. The van der Waals surface area contributed by atoms with E-state index in [1.54, 1.807) is 6.07 Å². The second kappa shape index (κ2) is 4.55. The van der Waals surface area contributed by atoms with Crippen molar-refractivity contribution in [3.05, 3.63) is 22.4 Å². The summed E-state index contributed by atoms with van der Waals surface area (Å²) in [5.41, 5.74) is -0.313. The van der Waals surface area contributed by atoms with Crippen LogP contribution >= 0.6 is 11.3 Å². The number of hydrogen-bond acceptors (Lipinski definition) is 3. The average molecular weight is 240 g/mol. The maximum Gasteiger partial charge on any atom is 0.313 e. The fourth-order valence-electron chi connectivity index (χ4n) is 2.57. The highest BCUT2D eigenvalue weighted by Crippen LogP contribution is 2.40. The number of carboxylic acids is 1. The van der Waals surface area contributed by atoms with Crippen molar-refractivity contribution in [1.29, 1.82) is 0 Å². The van der Waals surface area contributed by atoms with Gasteiger partial charge in [-0.1, -0.05) is 19.3 Å². The highest BCUT2D eigenvalue weighted by atomic mass is 32.1. The zero-order valence-electron chi connectivity index (χ0n) is 9.06. The van der Waals surface area contributed by atoms with Gasteiger partial charge in [-0.25, -0.2) is 0 Å². The van der Waals surface area contributed by atoms with Crippen LogP contribution in [0.1, 0.15) is 43.6 Å². The largest absolute Gasteiger partial charge is 0.481 e. The van der Waals surface area contributed by atoms with Gasteiger partial charge in [0, 0.05) is 0 Å². The van der Waals surface area contributed by atoms with Crippen molar-refractivity contribution in [3.8, 4) is 0 Å². The van der Waals surface area contributed by atoms with Gasteiger partial charge in [-0.15, -0.1) is 0 Å². The molecule has 0 saturated heterocycles. The summed E-state index contributed by atoms with van der Waals surface area (Å²) >= 11 is 1.47. The molecule has 1 aliphatic carbocycles. The van der Waals surface area contributed by atoms with Crippen molar-refractivity contribution >= 4 is 17.3 Å². The fraction of sp³-hybridized carbons (Fsp3) is 0.583. The first-order valence-corrected chi connectivity index (χ1v) is 6.55. The predicted octanol–water partition coefficient (Wildman–Crippen LogP) is 2.61. The third kappa shape index (κ3) is 2.13. The standard InChI is InChI=1S/C12H16O3S/c13-11(14)10(9-4-7-16-8-9)12(15)5-2-1-3-6-12/h4,7-8,10,15H,1-3,5-6H2,(H,13,14). The van der Waals surface area contributed by atoms with E-state index in [2.05, 4.69) is 0 Å². The minimum atomic E-state index is -1.05. The molecular formula is C12H16O3S. The first kappa shape index (κ1) is 11.6. The third-order valence-electron chi connectivity index (χ3n) is 3.38. The maximum absolute atomic E-state index is 11.3. The third-order valence-corrected chi connectivity index (χ3v) is 4.08. The van der Waals surface area contributed by atoms with Gasteiger partial charge in [0.25, 0.3) is 0 Å². The molecule has 4 heteroatoms. The summed E-state index contributed by atoms with van der Waals surface area (Å²) in [6, 6.07) is 1.80. The van der Waals surface area contributed by atoms with Gasteiger partial charge in [-0.2, -0.15) is 11.3 Å². The summed E-state index contributed by atoms with van der Waals surface area (Å²) in [6.45, 7) is 0. The number of aliphatic carboxylic acids is 1. The summed E-state index contributed by atoms with van der Waals surface area (Å²) in [5, 5.41) is 23.5. The van der Waals surface area contributed by atoms with Gasteiger partial charge in [-0.05, 0) is 35.2 Å². The Hall–Kier alpha value is -0.870. The number of aliphatic hydroxyl groups is 1. The maximum atomic E-state index is 11.3. The van der Waals surface area contributed by atoms with Gasteiger partial charge in [-0.3, -0.25) is 4.79 Å². The Morgan fingerprint density at radius 1 is 1.38 bits per heavy atom. The average Bonchev–Trinajstić information content (AvgIpc) is 2.71. The first-order chi connectivity index (χ1) is 7.63. The Labute approximate surface area is 98.7 Å².